The van der Waals surface area contributed by atoms with Crippen LogP contribution in [-0.2, 0) is 0 Å². The smallest absolute Gasteiger partial charge is 0.0972 e. The molecule has 0 aliphatic heterocycles. The van der Waals surface area contributed by atoms with Crippen molar-refractivity contribution < 1.29 is 0 Å². The molecular weight excluding hydrogens is 631 g/mol. The van der Waals surface area contributed by atoms with Gasteiger partial charge in [-0.3, -0.25) is 9.97 Å². The Morgan fingerprint density at radius 2 is 0.827 bits per heavy atom. The van der Waals surface area contributed by atoms with Crippen LogP contribution in [0.3, 0.4) is 0 Å². The van der Waals surface area contributed by atoms with E-state index in [1.807, 2.05) is 48.8 Å². The fourth-order valence-corrected chi connectivity index (χ4v) is 8.28. The molecule has 9 aromatic carbocycles. The molecule has 0 radical (unpaired) electrons. The van der Waals surface area contributed by atoms with Gasteiger partial charge in [0.25, 0.3) is 0 Å². The minimum Gasteiger partial charge on any atom is -0.256 e. The van der Waals surface area contributed by atoms with Crippen LogP contribution in [0, 0.1) is 0 Å². The maximum Gasteiger partial charge on any atom is 0.0972 e. The first-order valence-corrected chi connectivity index (χ1v) is 17.7. The van der Waals surface area contributed by atoms with Crippen molar-refractivity contribution in [2.45, 2.75) is 0 Å². The molecule has 2 aromatic heterocycles. The van der Waals surface area contributed by atoms with E-state index in [1.54, 1.807) is 0 Å². The van der Waals surface area contributed by atoms with Crippen molar-refractivity contribution in [1.82, 2.24) is 15.0 Å². The number of fused-ring (bicyclic) bond motifs is 2. The first kappa shape index (κ1) is 28.8. The Hall–Kier alpha value is -6.97. The second kappa shape index (κ2) is 11.3. The number of nitrogens with zero attached hydrogens (tertiary/aromatic N) is 3. The number of pyridine rings is 1. The summed E-state index contributed by atoms with van der Waals surface area (Å²) in [5.41, 5.74) is 7.49. The molecule has 11 aromatic rings. The van der Waals surface area contributed by atoms with E-state index in [4.69, 9.17) is 15.0 Å². The summed E-state index contributed by atoms with van der Waals surface area (Å²) >= 11 is 0. The largest absolute Gasteiger partial charge is 0.256 e. The highest BCUT2D eigenvalue weighted by atomic mass is 14.8. The van der Waals surface area contributed by atoms with Gasteiger partial charge in [0.1, 0.15) is 0 Å². The Morgan fingerprint density at radius 1 is 0.288 bits per heavy atom. The number of benzene rings is 8. The van der Waals surface area contributed by atoms with Crippen molar-refractivity contribution >= 4 is 64.6 Å². The first-order valence-electron chi connectivity index (χ1n) is 17.7. The molecule has 0 saturated carbocycles. The van der Waals surface area contributed by atoms with Gasteiger partial charge >= 0.3 is 0 Å². The minimum absolute atomic E-state index is 0.788. The Kier molecular flexibility index (Phi) is 6.25. The van der Waals surface area contributed by atoms with Crippen LogP contribution >= 0.6 is 0 Å². The van der Waals surface area contributed by atoms with E-state index in [1.165, 1.54) is 64.6 Å². The fraction of sp³-hybridized carbons (Fsp3) is 0. The zero-order chi connectivity index (χ0) is 34.2. The molecule has 3 nitrogen and oxygen atoms in total. The average Bonchev–Trinajstić information content (AvgIpc) is 3.22. The van der Waals surface area contributed by atoms with Crippen LogP contribution in [0.2, 0.25) is 0 Å². The molecule has 0 spiro atoms. The molecule has 240 valence electrons. The number of aromatic nitrogens is 3. The SMILES string of the molecule is c1ccc(-c2ncc(-c3ccc(-c4cc5ccc6cccc7c8cccc9ccc%10cccc(c(c4)c5c67)c%10c98)nc3)nc2-c2ccccc2)cc1. The lowest BCUT2D eigenvalue weighted by Crippen LogP contribution is -1.96. The van der Waals surface area contributed by atoms with Crippen molar-refractivity contribution in [1.29, 1.82) is 0 Å². The summed E-state index contributed by atoms with van der Waals surface area (Å²) < 4.78 is 0. The van der Waals surface area contributed by atoms with Gasteiger partial charge in [0.2, 0.25) is 0 Å². The van der Waals surface area contributed by atoms with E-state index in [9.17, 15) is 0 Å². The maximum absolute atomic E-state index is 5.17. The quantitative estimate of drug-likeness (QED) is 0.177. The molecule has 0 aliphatic rings. The molecule has 0 amide bonds. The summed E-state index contributed by atoms with van der Waals surface area (Å²) in [6.45, 7) is 0. The van der Waals surface area contributed by atoms with E-state index in [2.05, 4.69) is 127 Å². The zero-order valence-corrected chi connectivity index (χ0v) is 28.1. The summed E-state index contributed by atoms with van der Waals surface area (Å²) in [5, 5.41) is 15.2. The maximum atomic E-state index is 5.17. The monoisotopic (exact) mass is 659 g/mol. The molecule has 11 rings (SSSR count). The van der Waals surface area contributed by atoms with Crippen LogP contribution < -0.4 is 0 Å². The molecule has 0 fully saturated rings. The number of rotatable bonds is 4. The van der Waals surface area contributed by atoms with Crippen molar-refractivity contribution in [3.05, 3.63) is 176 Å². The van der Waals surface area contributed by atoms with E-state index >= 15 is 0 Å². The third-order valence-corrected chi connectivity index (χ3v) is 10.6. The van der Waals surface area contributed by atoms with Crippen LogP contribution in [-0.4, -0.2) is 15.0 Å². The van der Waals surface area contributed by atoms with Crippen LogP contribution in [0.1, 0.15) is 0 Å². The van der Waals surface area contributed by atoms with Gasteiger partial charge in [-0.1, -0.05) is 140 Å². The van der Waals surface area contributed by atoms with E-state index in [0.717, 1.165) is 45.0 Å². The molecule has 52 heavy (non-hydrogen) atoms. The lowest BCUT2D eigenvalue weighted by molar-refractivity contribution is 1.20. The van der Waals surface area contributed by atoms with Crippen LogP contribution in [0.4, 0.5) is 0 Å². The topological polar surface area (TPSA) is 38.7 Å². The van der Waals surface area contributed by atoms with Gasteiger partial charge in [0.15, 0.2) is 0 Å². The molecule has 2 heterocycles. The molecule has 0 atom stereocenters. The standard InChI is InChI=1S/C49H29N3/c1-3-10-33(11-4-1)48-49(34-12-5-2-6-13-34)52-43(29-51-48)36-24-25-42(50-28-36)37-26-35-23-22-32-15-8-18-39-38-17-7-14-30-20-21-31-16-9-19-40(46(31)44(30)38)41(27-37)47(35)45(32)39/h1-29H. The number of hydrogen-bond acceptors (Lipinski definition) is 3. The van der Waals surface area contributed by atoms with Crippen molar-refractivity contribution in [2.75, 3.05) is 0 Å². The Balaban J connectivity index is 1.12. The average molecular weight is 660 g/mol. The lowest BCUT2D eigenvalue weighted by Gasteiger charge is -2.17. The van der Waals surface area contributed by atoms with Crippen molar-refractivity contribution in [3.63, 3.8) is 0 Å². The highest BCUT2D eigenvalue weighted by Crippen LogP contribution is 2.44. The lowest BCUT2D eigenvalue weighted by atomic mass is 9.87. The van der Waals surface area contributed by atoms with E-state index in [-0.39, 0.29) is 0 Å². The molecule has 0 bridgehead atoms. The van der Waals surface area contributed by atoms with Gasteiger partial charge in [-0.2, -0.15) is 0 Å². The van der Waals surface area contributed by atoms with Gasteiger partial charge in [-0.25, -0.2) is 4.98 Å². The van der Waals surface area contributed by atoms with Crippen molar-refractivity contribution in [2.24, 2.45) is 0 Å². The summed E-state index contributed by atoms with van der Waals surface area (Å²) in [5.74, 6) is 0. The van der Waals surface area contributed by atoms with Crippen LogP contribution in [0.15, 0.2) is 176 Å². The zero-order valence-electron chi connectivity index (χ0n) is 28.1. The van der Waals surface area contributed by atoms with E-state index in [0.29, 0.717) is 0 Å². The summed E-state index contributed by atoms with van der Waals surface area (Å²) in [6.07, 6.45) is 3.79. The van der Waals surface area contributed by atoms with Crippen LogP contribution in [0.25, 0.3) is 110 Å². The highest BCUT2D eigenvalue weighted by Gasteiger charge is 2.17. The predicted octanol–water partition coefficient (Wildman–Crippen LogP) is 12.9. The van der Waals surface area contributed by atoms with Gasteiger partial charge in [0.05, 0.1) is 29.0 Å². The van der Waals surface area contributed by atoms with Crippen molar-refractivity contribution in [3.8, 4) is 45.0 Å². The number of hydrogen-bond donors (Lipinski definition) is 0. The molecule has 0 aliphatic carbocycles. The normalized spacial score (nSPS) is 11.8. The second-order valence-corrected chi connectivity index (χ2v) is 13.6. The summed E-state index contributed by atoms with van der Waals surface area (Å²) in [6, 6.07) is 58.6. The molecule has 0 N–H and O–H groups in total. The van der Waals surface area contributed by atoms with Gasteiger partial charge in [-0.15, -0.1) is 0 Å². The molecule has 0 unspecified atom stereocenters. The second-order valence-electron chi connectivity index (χ2n) is 13.6. The molecular formula is C49H29N3. The first-order chi connectivity index (χ1) is 25.8. The van der Waals surface area contributed by atoms with Gasteiger partial charge in [-0.05, 0) is 88.9 Å². The molecule has 3 heteroatoms. The molecule has 0 saturated heterocycles. The van der Waals surface area contributed by atoms with Gasteiger partial charge in [0, 0.05) is 28.5 Å². The van der Waals surface area contributed by atoms with Crippen LogP contribution in [0.5, 0.6) is 0 Å². The Bertz CT molecular complexity index is 3150. The van der Waals surface area contributed by atoms with Gasteiger partial charge < -0.3 is 0 Å². The third kappa shape index (κ3) is 4.36. The Labute approximate surface area is 299 Å². The minimum atomic E-state index is 0.788. The summed E-state index contributed by atoms with van der Waals surface area (Å²) in [4.78, 5) is 15.2. The fourth-order valence-electron chi connectivity index (χ4n) is 8.28. The predicted molar refractivity (Wildman–Crippen MR) is 218 cm³/mol. The highest BCUT2D eigenvalue weighted by molar-refractivity contribution is 6.37. The third-order valence-electron chi connectivity index (χ3n) is 10.6. The van der Waals surface area contributed by atoms with E-state index < -0.39 is 0 Å². The Morgan fingerprint density at radius 3 is 1.40 bits per heavy atom. The summed E-state index contributed by atoms with van der Waals surface area (Å²) in [7, 11) is 0.